The second-order valence-corrected chi connectivity index (χ2v) is 7.70. The topological polar surface area (TPSA) is 66.9 Å². The van der Waals surface area contributed by atoms with E-state index < -0.39 is 0 Å². The van der Waals surface area contributed by atoms with E-state index in [1.165, 1.54) is 11.7 Å². The molecule has 0 spiro atoms. The van der Waals surface area contributed by atoms with Crippen LogP contribution in [-0.4, -0.2) is 20.3 Å². The van der Waals surface area contributed by atoms with Gasteiger partial charge in [-0.1, -0.05) is 20.8 Å². The molecule has 0 aliphatic heterocycles. The number of carbonyl (C=O) groups is 1. The molecule has 2 N–H and O–H groups in total. The summed E-state index contributed by atoms with van der Waals surface area (Å²) in [6.07, 6.45) is 0.891. The van der Waals surface area contributed by atoms with Crippen LogP contribution in [0.4, 0.5) is 10.5 Å². The molecule has 1 aromatic carbocycles. The van der Waals surface area contributed by atoms with Crippen molar-refractivity contribution in [2.24, 2.45) is 5.41 Å². The van der Waals surface area contributed by atoms with Crippen LogP contribution in [0, 0.1) is 5.41 Å². The van der Waals surface area contributed by atoms with E-state index in [1.54, 1.807) is 0 Å². The molecule has 1 aromatic heterocycles. The fourth-order valence-electron chi connectivity index (χ4n) is 2.70. The first-order valence-corrected chi connectivity index (χ1v) is 7.69. The maximum Gasteiger partial charge on any atom is 0.319 e. The predicted molar refractivity (Wildman–Crippen MR) is 87.7 cm³/mol. The summed E-state index contributed by atoms with van der Waals surface area (Å²) in [7, 11) is 0. The molecule has 0 unspecified atom stereocenters. The molecule has 5 nitrogen and oxygen atoms in total. The van der Waals surface area contributed by atoms with Gasteiger partial charge in [0.1, 0.15) is 11.0 Å². The lowest BCUT2D eigenvalue weighted by atomic mass is 9.82. The maximum atomic E-state index is 12.1. The molecule has 2 rings (SSSR count). The third kappa shape index (κ3) is 4.67. The SMILES string of the molecule is CC(C)(C)CC(C)(C)NC(=O)Nc1ccc2nsnc2c1. The van der Waals surface area contributed by atoms with Crippen molar-refractivity contribution < 1.29 is 4.79 Å². The van der Waals surface area contributed by atoms with Crippen LogP contribution < -0.4 is 10.6 Å². The van der Waals surface area contributed by atoms with Gasteiger partial charge in [-0.2, -0.15) is 8.75 Å². The van der Waals surface area contributed by atoms with E-state index in [0.717, 1.165) is 23.1 Å². The van der Waals surface area contributed by atoms with Crippen LogP contribution in [-0.2, 0) is 0 Å². The first-order valence-electron chi connectivity index (χ1n) is 6.96. The Morgan fingerprint density at radius 3 is 2.48 bits per heavy atom. The lowest BCUT2D eigenvalue weighted by Gasteiger charge is -2.33. The lowest BCUT2D eigenvalue weighted by molar-refractivity contribution is 0.220. The zero-order valence-electron chi connectivity index (χ0n) is 13.2. The Hall–Kier alpha value is -1.69. The monoisotopic (exact) mass is 306 g/mol. The molecule has 2 amide bonds. The van der Waals surface area contributed by atoms with Gasteiger partial charge in [-0.25, -0.2) is 4.79 Å². The van der Waals surface area contributed by atoms with Gasteiger partial charge in [-0.3, -0.25) is 0 Å². The van der Waals surface area contributed by atoms with E-state index in [9.17, 15) is 4.79 Å². The van der Waals surface area contributed by atoms with Crippen molar-refractivity contribution in [1.82, 2.24) is 14.1 Å². The number of amides is 2. The molecule has 0 aliphatic rings. The molecule has 2 aromatic rings. The summed E-state index contributed by atoms with van der Waals surface area (Å²) in [6.45, 7) is 10.6. The number of urea groups is 1. The fraction of sp³-hybridized carbons (Fsp3) is 0.533. The van der Waals surface area contributed by atoms with Crippen LogP contribution in [0.25, 0.3) is 11.0 Å². The highest BCUT2D eigenvalue weighted by atomic mass is 32.1. The molecule has 0 radical (unpaired) electrons. The summed E-state index contributed by atoms with van der Waals surface area (Å²) < 4.78 is 8.31. The van der Waals surface area contributed by atoms with Gasteiger partial charge in [-0.05, 0) is 43.9 Å². The highest BCUT2D eigenvalue weighted by Crippen LogP contribution is 2.27. The molecule has 6 heteroatoms. The highest BCUT2D eigenvalue weighted by molar-refractivity contribution is 7.00. The Balaban J connectivity index is 2.00. The first-order chi connectivity index (χ1) is 9.65. The number of nitrogens with zero attached hydrogens (tertiary/aromatic N) is 2. The summed E-state index contributed by atoms with van der Waals surface area (Å²) in [5, 5.41) is 5.87. The van der Waals surface area contributed by atoms with Gasteiger partial charge in [-0.15, -0.1) is 0 Å². The molecule has 0 aliphatic carbocycles. The number of rotatable bonds is 3. The van der Waals surface area contributed by atoms with Crippen molar-refractivity contribution in [2.45, 2.75) is 46.6 Å². The van der Waals surface area contributed by atoms with Crippen molar-refractivity contribution in [2.75, 3.05) is 5.32 Å². The average Bonchev–Trinajstić information content (AvgIpc) is 2.71. The summed E-state index contributed by atoms with van der Waals surface area (Å²) in [5.74, 6) is 0. The van der Waals surface area contributed by atoms with Gasteiger partial charge in [0.25, 0.3) is 0 Å². The summed E-state index contributed by atoms with van der Waals surface area (Å²) in [5.41, 5.74) is 2.25. The zero-order valence-corrected chi connectivity index (χ0v) is 14.0. The number of fused-ring (bicyclic) bond motifs is 1. The maximum absolute atomic E-state index is 12.1. The van der Waals surface area contributed by atoms with Crippen LogP contribution in [0.2, 0.25) is 0 Å². The number of hydrogen-bond donors (Lipinski definition) is 2. The smallest absolute Gasteiger partial charge is 0.319 e. The van der Waals surface area contributed by atoms with Gasteiger partial charge in [0.15, 0.2) is 0 Å². The Labute approximate surface area is 129 Å². The highest BCUT2D eigenvalue weighted by Gasteiger charge is 2.27. The molecule has 0 fully saturated rings. The van der Waals surface area contributed by atoms with Crippen LogP contribution >= 0.6 is 11.7 Å². The Kier molecular flexibility index (Phi) is 4.18. The van der Waals surface area contributed by atoms with Gasteiger partial charge in [0.2, 0.25) is 0 Å². The third-order valence-corrected chi connectivity index (χ3v) is 3.49. The van der Waals surface area contributed by atoms with Gasteiger partial charge in [0.05, 0.1) is 11.7 Å². The molecule has 114 valence electrons. The third-order valence-electron chi connectivity index (χ3n) is 2.94. The van der Waals surface area contributed by atoms with E-state index in [-0.39, 0.29) is 17.0 Å². The van der Waals surface area contributed by atoms with Gasteiger partial charge >= 0.3 is 6.03 Å². The normalized spacial score (nSPS) is 12.4. The molecule has 0 saturated heterocycles. The Morgan fingerprint density at radius 1 is 1.14 bits per heavy atom. The first kappa shape index (κ1) is 15.7. The number of aromatic nitrogens is 2. The number of carbonyl (C=O) groups excluding carboxylic acids is 1. The molecule has 0 saturated carbocycles. The number of benzene rings is 1. The quantitative estimate of drug-likeness (QED) is 0.899. The minimum absolute atomic E-state index is 0.155. The van der Waals surface area contributed by atoms with Crippen molar-refractivity contribution >= 4 is 34.5 Å². The minimum atomic E-state index is -0.269. The Bertz CT molecular complexity index is 642. The number of anilines is 1. The van der Waals surface area contributed by atoms with Crippen molar-refractivity contribution in [3.05, 3.63) is 18.2 Å². The van der Waals surface area contributed by atoms with E-state index >= 15 is 0 Å². The van der Waals surface area contributed by atoms with Gasteiger partial charge in [0, 0.05) is 11.2 Å². The molecule has 1 heterocycles. The number of hydrogen-bond acceptors (Lipinski definition) is 4. The van der Waals surface area contributed by atoms with Crippen molar-refractivity contribution in [3.63, 3.8) is 0 Å². The van der Waals surface area contributed by atoms with Crippen LogP contribution in [0.1, 0.15) is 41.0 Å². The van der Waals surface area contributed by atoms with E-state index in [2.05, 4.69) is 40.2 Å². The van der Waals surface area contributed by atoms with E-state index in [1.807, 2.05) is 32.0 Å². The van der Waals surface area contributed by atoms with Crippen LogP contribution in [0.15, 0.2) is 18.2 Å². The average molecular weight is 306 g/mol. The minimum Gasteiger partial charge on any atom is -0.333 e. The summed E-state index contributed by atoms with van der Waals surface area (Å²) in [4.78, 5) is 12.1. The van der Waals surface area contributed by atoms with Crippen molar-refractivity contribution in [3.8, 4) is 0 Å². The summed E-state index contributed by atoms with van der Waals surface area (Å²) >= 11 is 1.17. The molecule has 0 atom stereocenters. The standard InChI is InChI=1S/C15H22N4OS/c1-14(2,3)9-15(4,5)17-13(20)16-10-6-7-11-12(8-10)19-21-18-11/h6-8H,9H2,1-5H3,(H2,16,17,20). The van der Waals surface area contributed by atoms with Crippen LogP contribution in [0.5, 0.6) is 0 Å². The van der Waals surface area contributed by atoms with Gasteiger partial charge < -0.3 is 10.6 Å². The molecular formula is C15H22N4OS. The largest absolute Gasteiger partial charge is 0.333 e. The van der Waals surface area contributed by atoms with Crippen molar-refractivity contribution in [1.29, 1.82) is 0 Å². The van der Waals surface area contributed by atoms with Crippen LogP contribution in [0.3, 0.4) is 0 Å². The summed E-state index contributed by atoms with van der Waals surface area (Å²) in [6, 6.07) is 5.32. The van der Waals surface area contributed by atoms with E-state index in [4.69, 9.17) is 0 Å². The molecular weight excluding hydrogens is 284 g/mol. The molecule has 0 bridgehead atoms. The predicted octanol–water partition coefficient (Wildman–Crippen LogP) is 4.03. The second-order valence-electron chi connectivity index (χ2n) is 7.17. The lowest BCUT2D eigenvalue weighted by Crippen LogP contribution is -2.47. The zero-order chi connectivity index (χ0) is 15.7. The second kappa shape index (κ2) is 5.60. The number of nitrogens with one attached hydrogen (secondary N) is 2. The fourth-order valence-corrected chi connectivity index (χ4v) is 3.22. The Morgan fingerprint density at radius 2 is 1.81 bits per heavy atom. The molecule has 21 heavy (non-hydrogen) atoms. The van der Waals surface area contributed by atoms with E-state index in [0.29, 0.717) is 0 Å².